The largest absolute Gasteiger partial charge is 0.452 e. The van der Waals surface area contributed by atoms with Crippen LogP contribution in [0.15, 0.2) is 29.6 Å². The van der Waals surface area contributed by atoms with Crippen LogP contribution in [-0.4, -0.2) is 36.2 Å². The zero-order valence-electron chi connectivity index (χ0n) is 13.7. The van der Waals surface area contributed by atoms with Gasteiger partial charge in [-0.15, -0.1) is 11.3 Å². The fourth-order valence-electron chi connectivity index (χ4n) is 1.76. The van der Waals surface area contributed by atoms with Gasteiger partial charge in [-0.1, -0.05) is 0 Å². The quantitative estimate of drug-likeness (QED) is 0.764. The monoisotopic (exact) mass is 363 g/mol. The molecule has 0 bridgehead atoms. The lowest BCUT2D eigenvalue weighted by Crippen LogP contribution is -2.20. The van der Waals surface area contributed by atoms with Gasteiger partial charge in [0.2, 0.25) is 0 Å². The van der Waals surface area contributed by atoms with Gasteiger partial charge in [0.25, 0.3) is 5.91 Å². The molecule has 0 unspecified atom stereocenters. The molecule has 0 aliphatic carbocycles. The van der Waals surface area contributed by atoms with Crippen LogP contribution in [0.2, 0.25) is 0 Å². The summed E-state index contributed by atoms with van der Waals surface area (Å²) in [6.45, 7) is 3.36. The summed E-state index contributed by atoms with van der Waals surface area (Å²) >= 11 is 1.29. The number of hydrogen-bond donors (Lipinski definition) is 2. The van der Waals surface area contributed by atoms with E-state index in [1.54, 1.807) is 12.3 Å². The van der Waals surface area contributed by atoms with Gasteiger partial charge in [-0.3, -0.25) is 15.4 Å². The third kappa shape index (κ3) is 5.88. The van der Waals surface area contributed by atoms with Crippen molar-refractivity contribution >= 4 is 40.1 Å². The number of hydrogen-bond acceptors (Lipinski definition) is 7. The van der Waals surface area contributed by atoms with Crippen molar-refractivity contribution in [2.75, 3.05) is 23.8 Å². The van der Waals surface area contributed by atoms with Gasteiger partial charge >= 0.3 is 12.1 Å². The maximum absolute atomic E-state index is 11.9. The number of amides is 2. The van der Waals surface area contributed by atoms with Crippen LogP contribution in [0.3, 0.4) is 0 Å². The van der Waals surface area contributed by atoms with Gasteiger partial charge in [0, 0.05) is 11.1 Å². The van der Waals surface area contributed by atoms with Crippen molar-refractivity contribution in [3.8, 4) is 0 Å². The molecule has 0 aliphatic heterocycles. The second-order valence-corrected chi connectivity index (χ2v) is 5.70. The predicted octanol–water partition coefficient (Wildman–Crippen LogP) is 2.82. The molecule has 2 N–H and O–H groups in total. The van der Waals surface area contributed by atoms with E-state index in [9.17, 15) is 14.4 Å². The van der Waals surface area contributed by atoms with Gasteiger partial charge in [-0.25, -0.2) is 14.6 Å². The molecule has 2 rings (SSSR count). The highest BCUT2D eigenvalue weighted by molar-refractivity contribution is 7.13. The fourth-order valence-corrected chi connectivity index (χ4v) is 2.46. The van der Waals surface area contributed by atoms with Crippen LogP contribution in [0.1, 0.15) is 23.0 Å². The van der Waals surface area contributed by atoms with Gasteiger partial charge in [-0.05, 0) is 38.1 Å². The van der Waals surface area contributed by atoms with Gasteiger partial charge < -0.3 is 9.47 Å². The first-order valence-corrected chi connectivity index (χ1v) is 8.29. The van der Waals surface area contributed by atoms with Crippen LogP contribution in [0.5, 0.6) is 0 Å². The molecule has 0 atom stereocenters. The molecule has 0 saturated heterocycles. The van der Waals surface area contributed by atoms with E-state index in [0.29, 0.717) is 10.8 Å². The van der Waals surface area contributed by atoms with Crippen LogP contribution >= 0.6 is 11.3 Å². The number of rotatable bonds is 6. The highest BCUT2D eigenvalue weighted by Crippen LogP contribution is 2.14. The first kappa shape index (κ1) is 18.4. The summed E-state index contributed by atoms with van der Waals surface area (Å²) < 4.78 is 9.69. The average molecular weight is 363 g/mol. The Morgan fingerprint density at radius 2 is 1.84 bits per heavy atom. The third-order valence-electron chi connectivity index (χ3n) is 2.84. The summed E-state index contributed by atoms with van der Waals surface area (Å²) in [5.41, 5.74) is 1.54. The molecule has 2 aromatic rings. The van der Waals surface area contributed by atoms with Gasteiger partial charge in [-0.2, -0.15) is 0 Å². The number of thiazole rings is 1. The number of carbonyl (C=O) groups is 3. The van der Waals surface area contributed by atoms with E-state index in [2.05, 4.69) is 15.6 Å². The molecule has 0 saturated carbocycles. The number of esters is 1. The van der Waals surface area contributed by atoms with Crippen LogP contribution in [-0.2, 0) is 14.3 Å². The number of carbonyl (C=O) groups excluding carboxylic acids is 3. The van der Waals surface area contributed by atoms with Crippen LogP contribution in [0.25, 0.3) is 0 Å². The Bertz CT molecular complexity index is 757. The minimum atomic E-state index is -0.645. The van der Waals surface area contributed by atoms with E-state index in [1.807, 2.05) is 6.92 Å². The summed E-state index contributed by atoms with van der Waals surface area (Å²) in [4.78, 5) is 39.0. The smallest absolute Gasteiger partial charge is 0.411 e. The van der Waals surface area contributed by atoms with Crippen LogP contribution < -0.4 is 10.6 Å². The molecule has 0 radical (unpaired) electrons. The van der Waals surface area contributed by atoms with Crippen molar-refractivity contribution in [1.29, 1.82) is 0 Å². The Morgan fingerprint density at radius 3 is 2.44 bits per heavy atom. The average Bonchev–Trinajstić information content (AvgIpc) is 2.98. The summed E-state index contributed by atoms with van der Waals surface area (Å²) in [6, 6.07) is 6.02. The minimum absolute atomic E-state index is 0.257. The number of nitrogens with zero attached hydrogens (tertiary/aromatic N) is 1. The molecule has 1 aromatic heterocycles. The normalized spacial score (nSPS) is 10.0. The molecular weight excluding hydrogens is 346 g/mol. The van der Waals surface area contributed by atoms with Crippen LogP contribution in [0, 0.1) is 6.92 Å². The molecule has 8 nitrogen and oxygen atoms in total. The van der Waals surface area contributed by atoms with Crippen molar-refractivity contribution < 1.29 is 23.9 Å². The number of anilines is 2. The Kier molecular flexibility index (Phi) is 6.47. The Labute approximate surface area is 148 Å². The second-order valence-electron chi connectivity index (χ2n) is 4.84. The number of aryl methyl sites for hydroxylation is 1. The second kappa shape index (κ2) is 8.78. The van der Waals surface area contributed by atoms with Crippen molar-refractivity contribution in [2.24, 2.45) is 0 Å². The number of nitrogens with one attached hydrogen (secondary N) is 2. The van der Waals surface area contributed by atoms with E-state index >= 15 is 0 Å². The van der Waals surface area contributed by atoms with Gasteiger partial charge in [0.15, 0.2) is 11.7 Å². The molecule has 132 valence electrons. The van der Waals surface area contributed by atoms with Crippen molar-refractivity contribution in [2.45, 2.75) is 13.8 Å². The Balaban J connectivity index is 1.82. The molecule has 25 heavy (non-hydrogen) atoms. The molecule has 9 heteroatoms. The summed E-state index contributed by atoms with van der Waals surface area (Å²) in [6.07, 6.45) is -0.577. The minimum Gasteiger partial charge on any atom is -0.452 e. The van der Waals surface area contributed by atoms with Gasteiger partial charge in [0.1, 0.15) is 0 Å². The maximum Gasteiger partial charge on any atom is 0.411 e. The molecule has 0 aliphatic rings. The summed E-state index contributed by atoms with van der Waals surface area (Å²) in [5, 5.41) is 7.30. The lowest BCUT2D eigenvalue weighted by atomic mass is 10.2. The van der Waals surface area contributed by atoms with Crippen molar-refractivity contribution in [3.05, 3.63) is 40.9 Å². The highest BCUT2D eigenvalue weighted by atomic mass is 32.1. The standard InChI is InChI=1S/C16H17N3O5S/c1-3-23-16(22)18-12-6-4-11(5-7-12)14(21)24-8-13(20)19-15-17-10(2)9-25-15/h4-7,9H,3,8H2,1-2H3,(H,18,22)(H,17,19,20). The molecule has 0 spiro atoms. The van der Waals surface area contributed by atoms with Crippen molar-refractivity contribution in [1.82, 2.24) is 4.98 Å². The molecule has 1 heterocycles. The summed E-state index contributed by atoms with van der Waals surface area (Å²) in [7, 11) is 0. The third-order valence-corrected chi connectivity index (χ3v) is 3.72. The molecule has 0 fully saturated rings. The van der Waals surface area contributed by atoms with E-state index in [1.165, 1.54) is 35.6 Å². The first-order chi connectivity index (χ1) is 12.0. The maximum atomic E-state index is 11.9. The van der Waals surface area contributed by atoms with Gasteiger partial charge in [0.05, 0.1) is 17.9 Å². The lowest BCUT2D eigenvalue weighted by Gasteiger charge is -2.07. The Hall–Kier alpha value is -2.94. The highest BCUT2D eigenvalue weighted by Gasteiger charge is 2.12. The number of benzene rings is 1. The SMILES string of the molecule is CCOC(=O)Nc1ccc(C(=O)OCC(=O)Nc2nc(C)cs2)cc1. The van der Waals surface area contributed by atoms with E-state index < -0.39 is 24.6 Å². The zero-order valence-corrected chi connectivity index (χ0v) is 14.5. The van der Waals surface area contributed by atoms with Crippen molar-refractivity contribution in [3.63, 3.8) is 0 Å². The van der Waals surface area contributed by atoms with Crippen LogP contribution in [0.4, 0.5) is 15.6 Å². The summed E-state index contributed by atoms with van der Waals surface area (Å²) in [5.74, 6) is -1.11. The number of ether oxygens (including phenoxy) is 2. The zero-order chi connectivity index (χ0) is 18.2. The topological polar surface area (TPSA) is 107 Å². The molecule has 1 aromatic carbocycles. The predicted molar refractivity (Wildman–Crippen MR) is 92.8 cm³/mol. The lowest BCUT2D eigenvalue weighted by molar-refractivity contribution is -0.119. The fraction of sp³-hybridized carbons (Fsp3) is 0.250. The molecule has 2 amide bonds. The molecular formula is C16H17N3O5S. The number of aromatic nitrogens is 1. The first-order valence-electron chi connectivity index (χ1n) is 7.41. The van der Waals surface area contributed by atoms with E-state index in [4.69, 9.17) is 9.47 Å². The van der Waals surface area contributed by atoms with E-state index in [-0.39, 0.29) is 12.2 Å². The Morgan fingerprint density at radius 1 is 1.12 bits per heavy atom. The van der Waals surface area contributed by atoms with E-state index in [0.717, 1.165) is 5.69 Å².